The largest absolute Gasteiger partial charge is 0.496 e. The van der Waals surface area contributed by atoms with Crippen molar-refractivity contribution in [1.82, 2.24) is 4.98 Å². The molecule has 2 heterocycles. The molecule has 1 fully saturated rings. The second-order valence-electron chi connectivity index (χ2n) is 7.11. The highest BCUT2D eigenvalue weighted by Crippen LogP contribution is 2.36. The molecule has 0 saturated carbocycles. The minimum absolute atomic E-state index is 0.0653. The van der Waals surface area contributed by atoms with Crippen molar-refractivity contribution in [2.75, 3.05) is 6.61 Å². The fraction of sp³-hybridized carbons (Fsp3) is 0.667. The fourth-order valence-corrected chi connectivity index (χ4v) is 2.01. The van der Waals surface area contributed by atoms with Gasteiger partial charge in [-0.25, -0.2) is 0 Å². The molecule has 20 heavy (non-hydrogen) atoms. The maximum atomic E-state index is 9.38. The molecular weight excluding hydrogens is 253 g/mol. The van der Waals surface area contributed by atoms with Crippen LogP contribution in [-0.4, -0.2) is 35.0 Å². The molecule has 0 aliphatic carbocycles. The van der Waals surface area contributed by atoms with Gasteiger partial charge in [0.15, 0.2) is 0 Å². The molecular formula is C15H24BNO3. The van der Waals surface area contributed by atoms with E-state index in [-0.39, 0.29) is 23.2 Å². The lowest BCUT2D eigenvalue weighted by molar-refractivity contribution is 0.00578. The van der Waals surface area contributed by atoms with Crippen molar-refractivity contribution in [1.29, 1.82) is 0 Å². The quantitative estimate of drug-likeness (QED) is 0.854. The maximum absolute atomic E-state index is 9.38. The zero-order chi connectivity index (χ0) is 15.2. The van der Waals surface area contributed by atoms with Crippen molar-refractivity contribution in [2.24, 2.45) is 0 Å². The molecule has 0 atom stereocenters. The van der Waals surface area contributed by atoms with E-state index < -0.39 is 7.12 Å². The number of hydrogen-bond donors (Lipinski definition) is 1. The number of rotatable bonds is 3. The van der Waals surface area contributed by atoms with Gasteiger partial charge in [0.25, 0.3) is 0 Å². The Morgan fingerprint density at radius 2 is 1.70 bits per heavy atom. The minimum Gasteiger partial charge on any atom is -0.399 e. The predicted molar refractivity (Wildman–Crippen MR) is 80.1 cm³/mol. The average Bonchev–Trinajstić information content (AvgIpc) is 2.59. The second-order valence-corrected chi connectivity index (χ2v) is 7.11. The van der Waals surface area contributed by atoms with Crippen LogP contribution in [0.1, 0.15) is 47.2 Å². The van der Waals surface area contributed by atoms with Gasteiger partial charge in [-0.3, -0.25) is 4.98 Å². The summed E-state index contributed by atoms with van der Waals surface area (Å²) in [6, 6.07) is 3.89. The van der Waals surface area contributed by atoms with Gasteiger partial charge in [0.1, 0.15) is 0 Å². The molecule has 1 saturated heterocycles. The van der Waals surface area contributed by atoms with Gasteiger partial charge in [0.2, 0.25) is 0 Å². The summed E-state index contributed by atoms with van der Waals surface area (Å²) in [5.41, 5.74) is 0.733. The molecule has 1 aliphatic heterocycles. The predicted octanol–water partition coefficient (Wildman–Crippen LogP) is 1.65. The number of hydrogen-bond acceptors (Lipinski definition) is 4. The first-order valence-corrected chi connectivity index (χ1v) is 7.02. The van der Waals surface area contributed by atoms with Crippen molar-refractivity contribution in [3.05, 3.63) is 24.0 Å². The van der Waals surface area contributed by atoms with Gasteiger partial charge < -0.3 is 14.4 Å². The number of pyridine rings is 1. The van der Waals surface area contributed by atoms with E-state index in [0.29, 0.717) is 0 Å². The zero-order valence-electron chi connectivity index (χ0n) is 13.2. The lowest BCUT2D eigenvalue weighted by Gasteiger charge is -2.32. The Balaban J connectivity index is 2.21. The molecule has 2 rings (SSSR count). The third-order valence-electron chi connectivity index (χ3n) is 4.40. The van der Waals surface area contributed by atoms with Crippen molar-refractivity contribution in [3.63, 3.8) is 0 Å². The molecule has 0 amide bonds. The molecule has 1 aromatic rings. The van der Waals surface area contributed by atoms with E-state index in [9.17, 15) is 5.11 Å². The first-order valence-electron chi connectivity index (χ1n) is 7.02. The Kier molecular flexibility index (Phi) is 3.74. The van der Waals surface area contributed by atoms with Crippen molar-refractivity contribution in [3.8, 4) is 0 Å². The highest BCUT2D eigenvalue weighted by Gasteiger charge is 2.51. The van der Waals surface area contributed by atoms with E-state index in [1.807, 2.05) is 53.7 Å². The molecule has 5 heteroatoms. The van der Waals surface area contributed by atoms with Crippen molar-refractivity contribution in [2.45, 2.75) is 58.2 Å². The summed E-state index contributed by atoms with van der Waals surface area (Å²) in [7, 11) is -0.390. The molecule has 1 N–H and O–H groups in total. The van der Waals surface area contributed by atoms with Crippen LogP contribution in [0.5, 0.6) is 0 Å². The monoisotopic (exact) mass is 277 g/mol. The van der Waals surface area contributed by atoms with Gasteiger partial charge in [-0.05, 0) is 33.8 Å². The molecule has 0 spiro atoms. The molecule has 0 unspecified atom stereocenters. The molecule has 4 nitrogen and oxygen atoms in total. The van der Waals surface area contributed by atoms with Crippen LogP contribution in [0.3, 0.4) is 0 Å². The molecule has 1 aromatic heterocycles. The van der Waals surface area contributed by atoms with Crippen LogP contribution in [-0.2, 0) is 14.7 Å². The third kappa shape index (κ3) is 2.62. The summed E-state index contributed by atoms with van der Waals surface area (Å²) in [4.78, 5) is 4.44. The van der Waals surface area contributed by atoms with Crippen molar-refractivity contribution >= 4 is 12.6 Å². The van der Waals surface area contributed by atoms with E-state index in [1.165, 1.54) is 0 Å². The Hall–Kier alpha value is -0.905. The lowest BCUT2D eigenvalue weighted by atomic mass is 9.79. The van der Waals surface area contributed by atoms with Crippen LogP contribution < -0.4 is 5.46 Å². The number of aromatic nitrogens is 1. The van der Waals surface area contributed by atoms with Gasteiger partial charge in [-0.1, -0.05) is 19.9 Å². The van der Waals surface area contributed by atoms with Gasteiger partial charge >= 0.3 is 7.12 Å². The standard InChI is InChI=1S/C15H24BNO3/c1-13(2,10-18)12-8-7-11(9-17-12)16-19-14(3,4)15(5,6)20-16/h7-9,18H,10H2,1-6H3. The summed E-state index contributed by atoms with van der Waals surface area (Å²) < 4.78 is 12.0. The second kappa shape index (κ2) is 4.83. The van der Waals surface area contributed by atoms with Crippen LogP contribution in [0.2, 0.25) is 0 Å². The molecule has 0 radical (unpaired) electrons. The normalized spacial score (nSPS) is 21.2. The SMILES string of the molecule is CC(C)(CO)c1ccc(B2OC(C)(C)C(C)(C)O2)cn1. The van der Waals surface area contributed by atoms with E-state index in [2.05, 4.69) is 4.98 Å². The summed E-state index contributed by atoms with van der Waals surface area (Å²) in [6.45, 7) is 12.1. The Morgan fingerprint density at radius 3 is 2.10 bits per heavy atom. The van der Waals surface area contributed by atoms with E-state index in [1.54, 1.807) is 6.20 Å². The zero-order valence-corrected chi connectivity index (χ0v) is 13.2. The molecule has 0 bridgehead atoms. The van der Waals surface area contributed by atoms with Crippen LogP contribution in [0, 0.1) is 0 Å². The summed E-state index contributed by atoms with van der Waals surface area (Å²) >= 11 is 0. The molecule has 110 valence electrons. The highest BCUT2D eigenvalue weighted by molar-refractivity contribution is 6.62. The average molecular weight is 277 g/mol. The summed E-state index contributed by atoms with van der Waals surface area (Å²) in [6.07, 6.45) is 1.77. The van der Waals surface area contributed by atoms with E-state index in [0.717, 1.165) is 11.2 Å². The van der Waals surface area contributed by atoms with E-state index in [4.69, 9.17) is 9.31 Å². The Morgan fingerprint density at radius 1 is 1.15 bits per heavy atom. The fourth-order valence-electron chi connectivity index (χ4n) is 2.01. The maximum Gasteiger partial charge on any atom is 0.496 e. The van der Waals surface area contributed by atoms with Crippen LogP contribution >= 0.6 is 0 Å². The van der Waals surface area contributed by atoms with Gasteiger partial charge in [-0.2, -0.15) is 0 Å². The van der Waals surface area contributed by atoms with Crippen LogP contribution in [0.4, 0.5) is 0 Å². The van der Waals surface area contributed by atoms with Crippen LogP contribution in [0.15, 0.2) is 18.3 Å². The van der Waals surface area contributed by atoms with Crippen molar-refractivity contribution < 1.29 is 14.4 Å². The van der Waals surface area contributed by atoms with Gasteiger partial charge in [0.05, 0.1) is 17.8 Å². The Bertz CT molecular complexity index is 466. The van der Waals surface area contributed by atoms with Gasteiger partial charge in [-0.15, -0.1) is 0 Å². The molecule has 0 aromatic carbocycles. The first kappa shape index (κ1) is 15.5. The minimum atomic E-state index is -0.390. The third-order valence-corrected chi connectivity index (χ3v) is 4.40. The smallest absolute Gasteiger partial charge is 0.399 e. The number of aliphatic hydroxyl groups is 1. The highest BCUT2D eigenvalue weighted by atomic mass is 16.7. The van der Waals surface area contributed by atoms with Gasteiger partial charge in [0, 0.05) is 22.8 Å². The summed E-state index contributed by atoms with van der Waals surface area (Å²) in [5, 5.41) is 9.38. The van der Waals surface area contributed by atoms with Crippen LogP contribution in [0.25, 0.3) is 0 Å². The number of aliphatic hydroxyl groups excluding tert-OH is 1. The number of nitrogens with zero attached hydrogens (tertiary/aromatic N) is 1. The summed E-state index contributed by atoms with van der Waals surface area (Å²) in [5.74, 6) is 0. The topological polar surface area (TPSA) is 51.6 Å². The lowest BCUT2D eigenvalue weighted by Crippen LogP contribution is -2.41. The Labute approximate surface area is 121 Å². The molecule has 1 aliphatic rings. The van der Waals surface area contributed by atoms with E-state index >= 15 is 0 Å². The first-order chi connectivity index (χ1) is 9.09.